The summed E-state index contributed by atoms with van der Waals surface area (Å²) in [5.41, 5.74) is 1.14. The van der Waals surface area contributed by atoms with Gasteiger partial charge in [-0.2, -0.15) is 0 Å². The Hall–Kier alpha value is -1.68. The second kappa shape index (κ2) is 4.46. The fraction of sp³-hybridized carbons (Fsp3) is 0.467. The van der Waals surface area contributed by atoms with E-state index in [1.54, 1.807) is 14.2 Å². The Morgan fingerprint density at radius 2 is 1.95 bits per heavy atom. The molecule has 0 saturated heterocycles. The lowest BCUT2D eigenvalue weighted by Gasteiger charge is -2.14. The highest BCUT2D eigenvalue weighted by molar-refractivity contribution is 5.89. The molecule has 1 aromatic carbocycles. The second-order valence-electron chi connectivity index (χ2n) is 5.30. The summed E-state index contributed by atoms with van der Waals surface area (Å²) >= 11 is 0. The minimum atomic E-state index is 0.536. The summed E-state index contributed by atoms with van der Waals surface area (Å²) in [6.45, 7) is 0. The van der Waals surface area contributed by atoms with Crippen LogP contribution in [0.5, 0.6) is 11.5 Å². The molecule has 1 saturated carbocycles. The predicted octanol–water partition coefficient (Wildman–Crippen LogP) is 2.53. The van der Waals surface area contributed by atoms with Gasteiger partial charge in [-0.3, -0.25) is 0 Å². The van der Waals surface area contributed by atoms with Crippen molar-refractivity contribution in [2.45, 2.75) is 18.5 Å². The van der Waals surface area contributed by atoms with Gasteiger partial charge < -0.3 is 18.9 Å². The summed E-state index contributed by atoms with van der Waals surface area (Å²) in [5, 5.41) is 1.20. The third-order valence-electron chi connectivity index (χ3n) is 3.97. The molecule has 102 valence electrons. The minimum absolute atomic E-state index is 0.536. The van der Waals surface area contributed by atoms with Gasteiger partial charge in [0.1, 0.15) is 0 Å². The SMILES string of the molecule is COc1ccc2ccn(C3CC3N(C)C)c2c1OC. The summed E-state index contributed by atoms with van der Waals surface area (Å²) in [4.78, 5) is 2.28. The fourth-order valence-corrected chi connectivity index (χ4v) is 2.86. The van der Waals surface area contributed by atoms with Crippen LogP contribution in [0.4, 0.5) is 0 Å². The molecule has 1 fully saturated rings. The summed E-state index contributed by atoms with van der Waals surface area (Å²) in [6, 6.07) is 7.34. The largest absolute Gasteiger partial charge is 0.493 e. The van der Waals surface area contributed by atoms with Crippen LogP contribution in [0.2, 0.25) is 0 Å². The van der Waals surface area contributed by atoms with Crippen LogP contribution in [-0.4, -0.2) is 43.8 Å². The van der Waals surface area contributed by atoms with Crippen molar-refractivity contribution in [3.05, 3.63) is 24.4 Å². The number of likely N-dealkylation sites (N-methyl/N-ethyl adjacent to an activating group) is 1. The van der Waals surface area contributed by atoms with Gasteiger partial charge in [0.2, 0.25) is 0 Å². The van der Waals surface area contributed by atoms with Gasteiger partial charge in [0.25, 0.3) is 0 Å². The van der Waals surface area contributed by atoms with Gasteiger partial charge in [-0.25, -0.2) is 0 Å². The molecule has 4 nitrogen and oxygen atoms in total. The van der Waals surface area contributed by atoms with Crippen molar-refractivity contribution in [3.63, 3.8) is 0 Å². The number of methoxy groups -OCH3 is 2. The lowest BCUT2D eigenvalue weighted by molar-refractivity contribution is 0.355. The minimum Gasteiger partial charge on any atom is -0.493 e. The molecule has 19 heavy (non-hydrogen) atoms. The van der Waals surface area contributed by atoms with E-state index in [1.165, 1.54) is 11.8 Å². The first-order valence-electron chi connectivity index (χ1n) is 6.55. The highest BCUT2D eigenvalue weighted by Crippen LogP contribution is 2.45. The molecule has 0 N–H and O–H groups in total. The van der Waals surface area contributed by atoms with Crippen LogP contribution in [0.15, 0.2) is 24.4 Å². The third kappa shape index (κ3) is 1.87. The Bertz CT molecular complexity index is 603. The normalized spacial score (nSPS) is 21.9. The summed E-state index contributed by atoms with van der Waals surface area (Å²) < 4.78 is 13.3. The molecule has 1 aliphatic rings. The Morgan fingerprint density at radius 3 is 2.53 bits per heavy atom. The van der Waals surface area contributed by atoms with E-state index in [0.29, 0.717) is 12.1 Å². The number of fused-ring (bicyclic) bond motifs is 1. The van der Waals surface area contributed by atoms with Gasteiger partial charge in [0.15, 0.2) is 11.5 Å². The zero-order valence-corrected chi connectivity index (χ0v) is 11.9. The number of rotatable bonds is 4. The molecule has 0 aliphatic heterocycles. The van der Waals surface area contributed by atoms with Crippen LogP contribution in [0.3, 0.4) is 0 Å². The standard InChI is InChI=1S/C15H20N2O2/c1-16(2)11-9-12(11)17-8-7-10-5-6-13(18-3)15(19-4)14(10)17/h5-8,11-12H,9H2,1-4H3. The Kier molecular flexibility index (Phi) is 2.90. The van der Waals surface area contributed by atoms with Gasteiger partial charge in [-0.05, 0) is 38.7 Å². The van der Waals surface area contributed by atoms with Crippen molar-refractivity contribution in [3.8, 4) is 11.5 Å². The molecule has 2 unspecified atom stereocenters. The van der Waals surface area contributed by atoms with Crippen LogP contribution in [0, 0.1) is 0 Å². The number of ether oxygens (including phenoxy) is 2. The van der Waals surface area contributed by atoms with E-state index in [-0.39, 0.29) is 0 Å². The summed E-state index contributed by atoms with van der Waals surface area (Å²) in [7, 11) is 7.64. The highest BCUT2D eigenvalue weighted by Gasteiger charge is 2.41. The highest BCUT2D eigenvalue weighted by atomic mass is 16.5. The predicted molar refractivity (Wildman–Crippen MR) is 76.2 cm³/mol. The molecule has 0 spiro atoms. The quantitative estimate of drug-likeness (QED) is 0.845. The van der Waals surface area contributed by atoms with E-state index in [1.807, 2.05) is 6.07 Å². The Labute approximate surface area is 113 Å². The van der Waals surface area contributed by atoms with E-state index in [0.717, 1.165) is 17.0 Å². The van der Waals surface area contributed by atoms with Crippen LogP contribution < -0.4 is 9.47 Å². The van der Waals surface area contributed by atoms with Crippen LogP contribution in [0.25, 0.3) is 10.9 Å². The van der Waals surface area contributed by atoms with Crippen molar-refractivity contribution in [2.24, 2.45) is 0 Å². The third-order valence-corrected chi connectivity index (χ3v) is 3.97. The van der Waals surface area contributed by atoms with E-state index in [2.05, 4.69) is 41.9 Å². The molecular weight excluding hydrogens is 240 g/mol. The number of hydrogen-bond donors (Lipinski definition) is 0. The van der Waals surface area contributed by atoms with Gasteiger partial charge in [-0.1, -0.05) is 0 Å². The van der Waals surface area contributed by atoms with E-state index in [9.17, 15) is 0 Å². The lowest BCUT2D eigenvalue weighted by atomic mass is 10.2. The number of hydrogen-bond acceptors (Lipinski definition) is 3. The van der Waals surface area contributed by atoms with Crippen molar-refractivity contribution in [1.29, 1.82) is 0 Å². The average molecular weight is 260 g/mol. The topological polar surface area (TPSA) is 26.6 Å². The maximum Gasteiger partial charge on any atom is 0.185 e. The first kappa shape index (κ1) is 12.4. The lowest BCUT2D eigenvalue weighted by Crippen LogP contribution is -2.17. The molecule has 1 aromatic heterocycles. The van der Waals surface area contributed by atoms with Crippen molar-refractivity contribution in [1.82, 2.24) is 9.47 Å². The maximum atomic E-state index is 5.56. The van der Waals surface area contributed by atoms with Crippen LogP contribution in [0.1, 0.15) is 12.5 Å². The molecule has 1 aliphatic carbocycles. The van der Waals surface area contributed by atoms with Crippen LogP contribution >= 0.6 is 0 Å². The Balaban J connectivity index is 2.11. The molecule has 1 heterocycles. The average Bonchev–Trinajstić information content (AvgIpc) is 3.10. The number of nitrogens with zero attached hydrogens (tertiary/aromatic N) is 2. The summed E-state index contributed by atoms with van der Waals surface area (Å²) in [5.74, 6) is 1.62. The first-order chi connectivity index (χ1) is 9.17. The van der Waals surface area contributed by atoms with Gasteiger partial charge in [-0.15, -0.1) is 0 Å². The molecule has 2 atom stereocenters. The molecule has 2 aromatic rings. The fourth-order valence-electron chi connectivity index (χ4n) is 2.86. The second-order valence-corrected chi connectivity index (χ2v) is 5.30. The number of benzene rings is 1. The smallest absolute Gasteiger partial charge is 0.185 e. The van der Waals surface area contributed by atoms with Crippen LogP contribution in [-0.2, 0) is 0 Å². The first-order valence-corrected chi connectivity index (χ1v) is 6.55. The van der Waals surface area contributed by atoms with E-state index < -0.39 is 0 Å². The summed E-state index contributed by atoms with van der Waals surface area (Å²) in [6.07, 6.45) is 3.35. The molecule has 0 amide bonds. The van der Waals surface area contributed by atoms with Crippen molar-refractivity contribution in [2.75, 3.05) is 28.3 Å². The zero-order valence-electron chi connectivity index (χ0n) is 11.9. The van der Waals surface area contributed by atoms with Gasteiger partial charge in [0, 0.05) is 17.6 Å². The monoisotopic (exact) mass is 260 g/mol. The van der Waals surface area contributed by atoms with Crippen molar-refractivity contribution < 1.29 is 9.47 Å². The molecule has 0 bridgehead atoms. The van der Waals surface area contributed by atoms with Gasteiger partial charge >= 0.3 is 0 Å². The molecule has 0 radical (unpaired) electrons. The van der Waals surface area contributed by atoms with Crippen molar-refractivity contribution >= 4 is 10.9 Å². The maximum absolute atomic E-state index is 5.56. The molecule has 3 rings (SSSR count). The van der Waals surface area contributed by atoms with E-state index >= 15 is 0 Å². The molecular formula is C15H20N2O2. The number of aromatic nitrogens is 1. The Morgan fingerprint density at radius 1 is 1.16 bits per heavy atom. The zero-order chi connectivity index (χ0) is 13.6. The van der Waals surface area contributed by atoms with E-state index in [4.69, 9.17) is 9.47 Å². The van der Waals surface area contributed by atoms with Gasteiger partial charge in [0.05, 0.1) is 25.8 Å². The molecule has 4 heteroatoms.